The predicted octanol–water partition coefficient (Wildman–Crippen LogP) is 1.14. The van der Waals surface area contributed by atoms with Crippen molar-refractivity contribution in [2.45, 2.75) is 12.8 Å². The minimum absolute atomic E-state index is 0.106. The summed E-state index contributed by atoms with van der Waals surface area (Å²) in [5.74, 6) is -0.384. The molecule has 2 N–H and O–H groups in total. The van der Waals surface area contributed by atoms with Crippen molar-refractivity contribution in [3.63, 3.8) is 0 Å². The summed E-state index contributed by atoms with van der Waals surface area (Å²) in [6.07, 6.45) is 1.64. The molecule has 3 heterocycles. The highest BCUT2D eigenvalue weighted by Gasteiger charge is 2.28. The van der Waals surface area contributed by atoms with Crippen molar-refractivity contribution in [3.05, 3.63) is 24.3 Å². The highest BCUT2D eigenvalue weighted by atomic mass is 32.1. The monoisotopic (exact) mass is 387 g/mol. The van der Waals surface area contributed by atoms with Crippen molar-refractivity contribution in [1.82, 2.24) is 14.8 Å². The zero-order valence-corrected chi connectivity index (χ0v) is 16.2. The largest absolute Gasteiger partial charge is 0.369 e. The van der Waals surface area contributed by atoms with Crippen LogP contribution in [0.25, 0.3) is 10.2 Å². The van der Waals surface area contributed by atoms with Gasteiger partial charge in [-0.05, 0) is 25.0 Å². The van der Waals surface area contributed by atoms with Gasteiger partial charge in [-0.3, -0.25) is 14.5 Å². The van der Waals surface area contributed by atoms with Gasteiger partial charge in [0, 0.05) is 39.3 Å². The number of fused-ring (bicyclic) bond motifs is 1. The van der Waals surface area contributed by atoms with Crippen LogP contribution in [0.2, 0.25) is 0 Å². The minimum atomic E-state index is -0.294. The van der Waals surface area contributed by atoms with E-state index in [4.69, 9.17) is 10.7 Å². The molecule has 1 aromatic heterocycles. The van der Waals surface area contributed by atoms with E-state index in [2.05, 4.69) is 15.9 Å². The Morgan fingerprint density at radius 1 is 1.15 bits per heavy atom. The SMILES string of the molecule is NC(=O)C1CCCN(C(=O)CN2CCN(c3nc4ccccc4s3)CC2)C1. The van der Waals surface area contributed by atoms with E-state index >= 15 is 0 Å². The number of thiazole rings is 1. The summed E-state index contributed by atoms with van der Waals surface area (Å²) >= 11 is 1.72. The average molecular weight is 388 g/mol. The van der Waals surface area contributed by atoms with Gasteiger partial charge in [-0.25, -0.2) is 4.98 Å². The molecule has 2 aliphatic rings. The second-order valence-corrected chi connectivity index (χ2v) is 8.32. The van der Waals surface area contributed by atoms with Crippen LogP contribution in [0.15, 0.2) is 24.3 Å². The number of primary amides is 1. The second-order valence-electron chi connectivity index (χ2n) is 7.31. The number of amides is 2. The highest BCUT2D eigenvalue weighted by molar-refractivity contribution is 7.22. The lowest BCUT2D eigenvalue weighted by Crippen LogP contribution is -2.52. The van der Waals surface area contributed by atoms with E-state index in [-0.39, 0.29) is 17.7 Å². The van der Waals surface area contributed by atoms with Gasteiger partial charge >= 0.3 is 0 Å². The Morgan fingerprint density at radius 3 is 2.67 bits per heavy atom. The molecular formula is C19H25N5O2S. The van der Waals surface area contributed by atoms with Gasteiger partial charge in [0.2, 0.25) is 11.8 Å². The number of likely N-dealkylation sites (tertiary alicyclic amines) is 1. The number of benzene rings is 1. The maximum atomic E-state index is 12.6. The number of anilines is 1. The van der Waals surface area contributed by atoms with Crippen LogP contribution in [0, 0.1) is 5.92 Å². The van der Waals surface area contributed by atoms with Crippen LogP contribution >= 0.6 is 11.3 Å². The maximum Gasteiger partial charge on any atom is 0.236 e. The van der Waals surface area contributed by atoms with Crippen molar-refractivity contribution < 1.29 is 9.59 Å². The summed E-state index contributed by atoms with van der Waals surface area (Å²) < 4.78 is 1.21. The fourth-order valence-corrected chi connectivity index (χ4v) is 4.84. The fraction of sp³-hybridized carbons (Fsp3) is 0.526. The number of piperazine rings is 1. The molecule has 2 amide bonds. The Hall–Kier alpha value is -2.19. The zero-order chi connectivity index (χ0) is 18.8. The lowest BCUT2D eigenvalue weighted by Gasteiger charge is -2.36. The van der Waals surface area contributed by atoms with Gasteiger partial charge in [0.15, 0.2) is 5.13 Å². The first-order valence-electron chi connectivity index (χ1n) is 9.50. The van der Waals surface area contributed by atoms with Crippen molar-refractivity contribution in [2.24, 2.45) is 11.7 Å². The zero-order valence-electron chi connectivity index (χ0n) is 15.3. The lowest BCUT2D eigenvalue weighted by atomic mass is 9.97. The number of para-hydroxylation sites is 1. The van der Waals surface area contributed by atoms with Crippen LogP contribution < -0.4 is 10.6 Å². The number of rotatable bonds is 4. The molecular weight excluding hydrogens is 362 g/mol. The summed E-state index contributed by atoms with van der Waals surface area (Å²) in [5, 5.41) is 1.06. The molecule has 2 fully saturated rings. The maximum absolute atomic E-state index is 12.6. The predicted molar refractivity (Wildman–Crippen MR) is 107 cm³/mol. The molecule has 7 nitrogen and oxygen atoms in total. The van der Waals surface area contributed by atoms with Crippen LogP contribution in [0.3, 0.4) is 0 Å². The Kier molecular flexibility index (Phi) is 5.27. The summed E-state index contributed by atoms with van der Waals surface area (Å²) in [6.45, 7) is 5.05. The standard InChI is InChI=1S/C19H25N5O2S/c20-18(26)14-4-3-7-24(12-14)17(25)13-22-8-10-23(11-9-22)19-21-15-5-1-2-6-16(15)27-19/h1-2,5-6,14H,3-4,7-13H2,(H2,20,26). The Morgan fingerprint density at radius 2 is 1.93 bits per heavy atom. The Balaban J connectivity index is 1.30. The molecule has 1 atom stereocenters. The van der Waals surface area contributed by atoms with Crippen molar-refractivity contribution in [3.8, 4) is 0 Å². The molecule has 0 aliphatic carbocycles. The van der Waals surface area contributed by atoms with E-state index < -0.39 is 0 Å². The Labute approximate surface area is 162 Å². The third kappa shape index (κ3) is 4.06. The molecule has 1 aromatic carbocycles. The molecule has 4 rings (SSSR count). The normalized spacial score (nSPS) is 21.6. The van der Waals surface area contributed by atoms with Crippen molar-refractivity contribution in [1.29, 1.82) is 0 Å². The first-order valence-corrected chi connectivity index (χ1v) is 10.3. The Bertz CT molecular complexity index is 797. The lowest BCUT2D eigenvalue weighted by molar-refractivity contribution is -0.136. The second kappa shape index (κ2) is 7.82. The van der Waals surface area contributed by atoms with Crippen LogP contribution in [-0.2, 0) is 9.59 Å². The number of nitrogens with zero attached hydrogens (tertiary/aromatic N) is 4. The van der Waals surface area contributed by atoms with Crippen LogP contribution in [0.5, 0.6) is 0 Å². The molecule has 0 bridgehead atoms. The molecule has 2 aromatic rings. The van der Waals surface area contributed by atoms with Gasteiger partial charge in [0.05, 0.1) is 22.7 Å². The number of aromatic nitrogens is 1. The summed E-state index contributed by atoms with van der Waals surface area (Å²) in [5.41, 5.74) is 6.46. The highest BCUT2D eigenvalue weighted by Crippen LogP contribution is 2.29. The third-order valence-corrected chi connectivity index (χ3v) is 6.56. The van der Waals surface area contributed by atoms with Crippen molar-refractivity contribution >= 4 is 38.5 Å². The third-order valence-electron chi connectivity index (χ3n) is 5.46. The molecule has 8 heteroatoms. The molecule has 0 spiro atoms. The summed E-state index contributed by atoms with van der Waals surface area (Å²) in [7, 11) is 0. The quantitative estimate of drug-likeness (QED) is 0.851. The summed E-state index contributed by atoms with van der Waals surface area (Å²) in [6, 6.07) is 8.20. The van der Waals surface area contributed by atoms with E-state index in [1.165, 1.54) is 4.70 Å². The number of carbonyl (C=O) groups is 2. The number of carbonyl (C=O) groups excluding carboxylic acids is 2. The molecule has 0 saturated carbocycles. The van der Waals surface area contributed by atoms with Gasteiger partial charge in [-0.1, -0.05) is 23.5 Å². The molecule has 1 unspecified atom stereocenters. The van der Waals surface area contributed by atoms with E-state index in [1.54, 1.807) is 16.2 Å². The van der Waals surface area contributed by atoms with E-state index in [0.717, 1.165) is 56.2 Å². The number of hydrogen-bond donors (Lipinski definition) is 1. The van der Waals surface area contributed by atoms with Crippen LogP contribution in [0.1, 0.15) is 12.8 Å². The van der Waals surface area contributed by atoms with Gasteiger partial charge in [0.1, 0.15) is 0 Å². The average Bonchev–Trinajstić information content (AvgIpc) is 3.13. The van der Waals surface area contributed by atoms with E-state index in [9.17, 15) is 9.59 Å². The topological polar surface area (TPSA) is 82.8 Å². The van der Waals surface area contributed by atoms with Crippen molar-refractivity contribution in [2.75, 3.05) is 50.7 Å². The van der Waals surface area contributed by atoms with Crippen LogP contribution in [0.4, 0.5) is 5.13 Å². The van der Waals surface area contributed by atoms with Gasteiger partial charge < -0.3 is 15.5 Å². The minimum Gasteiger partial charge on any atom is -0.369 e. The number of piperidine rings is 1. The number of nitrogens with two attached hydrogens (primary N) is 1. The molecule has 0 radical (unpaired) electrons. The van der Waals surface area contributed by atoms with Crippen LogP contribution in [-0.4, -0.2) is 72.4 Å². The van der Waals surface area contributed by atoms with E-state index in [0.29, 0.717) is 13.1 Å². The first kappa shape index (κ1) is 18.2. The molecule has 2 saturated heterocycles. The molecule has 2 aliphatic heterocycles. The fourth-order valence-electron chi connectivity index (χ4n) is 3.82. The molecule has 27 heavy (non-hydrogen) atoms. The van der Waals surface area contributed by atoms with Gasteiger partial charge in [-0.2, -0.15) is 0 Å². The van der Waals surface area contributed by atoms with Gasteiger partial charge in [-0.15, -0.1) is 0 Å². The van der Waals surface area contributed by atoms with E-state index in [1.807, 2.05) is 18.2 Å². The first-order chi connectivity index (χ1) is 13.1. The summed E-state index contributed by atoms with van der Waals surface area (Å²) in [4.78, 5) is 35.1. The van der Waals surface area contributed by atoms with Gasteiger partial charge in [0.25, 0.3) is 0 Å². The smallest absolute Gasteiger partial charge is 0.236 e. The number of hydrogen-bond acceptors (Lipinski definition) is 6. The molecule has 144 valence electrons.